The molecule has 1 atom stereocenters. The molecule has 0 aromatic carbocycles. The molecule has 7 heteroatoms. The maximum Gasteiger partial charge on any atom is 0.354 e. The molecule has 1 saturated heterocycles. The zero-order valence-corrected chi connectivity index (χ0v) is 13.6. The molecule has 0 unspecified atom stereocenters. The number of aromatic nitrogens is 3. The molecule has 3 heterocycles. The molecule has 1 aliphatic heterocycles. The fourth-order valence-electron chi connectivity index (χ4n) is 3.13. The number of hydrogen-bond acceptors (Lipinski definition) is 5. The molecule has 4 rings (SSSR count). The summed E-state index contributed by atoms with van der Waals surface area (Å²) >= 11 is 0. The van der Waals surface area contributed by atoms with Crippen molar-refractivity contribution in [2.45, 2.75) is 31.7 Å². The predicted octanol–water partition coefficient (Wildman–Crippen LogP) is 2.07. The smallest absolute Gasteiger partial charge is 0.354 e. The molecule has 2 fully saturated rings. The Kier molecular flexibility index (Phi) is 3.72. The van der Waals surface area contributed by atoms with Crippen molar-refractivity contribution >= 4 is 11.7 Å². The average molecular weight is 328 g/mol. The normalized spacial score (nSPS) is 21.0. The topological polar surface area (TPSA) is 80.5 Å². The van der Waals surface area contributed by atoms with Crippen LogP contribution < -0.4 is 4.90 Å². The molecule has 2 aromatic rings. The molecule has 7 nitrogen and oxygen atoms in total. The van der Waals surface area contributed by atoms with E-state index < -0.39 is 5.97 Å². The number of nitrogens with zero attached hydrogens (tertiary/aromatic N) is 4. The van der Waals surface area contributed by atoms with Crippen LogP contribution in [0.1, 0.15) is 41.9 Å². The van der Waals surface area contributed by atoms with E-state index in [1.165, 1.54) is 12.8 Å². The second-order valence-corrected chi connectivity index (χ2v) is 6.46. The minimum absolute atomic E-state index is 0.0383. The number of ether oxygens (including phenoxy) is 1. The highest BCUT2D eigenvalue weighted by Crippen LogP contribution is 2.39. The maximum absolute atomic E-state index is 11.3. The molecule has 1 saturated carbocycles. The highest BCUT2D eigenvalue weighted by atomic mass is 16.5. The van der Waals surface area contributed by atoms with E-state index in [-0.39, 0.29) is 11.7 Å². The Bertz CT molecular complexity index is 769. The summed E-state index contributed by atoms with van der Waals surface area (Å²) in [6.45, 7) is 4.16. The van der Waals surface area contributed by atoms with E-state index >= 15 is 0 Å². The van der Waals surface area contributed by atoms with E-state index in [1.807, 2.05) is 10.8 Å². The quantitative estimate of drug-likeness (QED) is 0.925. The Morgan fingerprint density at radius 1 is 1.33 bits per heavy atom. The molecular weight excluding hydrogens is 308 g/mol. The van der Waals surface area contributed by atoms with Crippen LogP contribution in [0.2, 0.25) is 0 Å². The van der Waals surface area contributed by atoms with Crippen LogP contribution in [0.4, 0.5) is 5.69 Å². The molecular formula is C17H20N4O3. The third-order valence-electron chi connectivity index (χ3n) is 4.63. The van der Waals surface area contributed by atoms with Crippen LogP contribution in [-0.2, 0) is 4.74 Å². The van der Waals surface area contributed by atoms with Crippen LogP contribution in [-0.4, -0.2) is 51.4 Å². The molecule has 1 N–H and O–H groups in total. The van der Waals surface area contributed by atoms with Crippen LogP contribution in [0.3, 0.4) is 0 Å². The molecule has 0 bridgehead atoms. The summed E-state index contributed by atoms with van der Waals surface area (Å²) in [6, 6.07) is 1.83. The van der Waals surface area contributed by atoms with Gasteiger partial charge in [0.1, 0.15) is 5.69 Å². The molecule has 24 heavy (non-hydrogen) atoms. The molecule has 2 aromatic heterocycles. The van der Waals surface area contributed by atoms with E-state index in [4.69, 9.17) is 4.74 Å². The Hall–Kier alpha value is -2.41. The third kappa shape index (κ3) is 2.75. The number of anilines is 1. The van der Waals surface area contributed by atoms with E-state index in [9.17, 15) is 9.90 Å². The SMILES string of the molecule is C[C@@H]1COCCN1c1cnc(C(=O)O)cc1-n1cnc(C2CC2)c1. The lowest BCUT2D eigenvalue weighted by Gasteiger charge is -2.36. The number of hydrogen-bond donors (Lipinski definition) is 1. The lowest BCUT2D eigenvalue weighted by atomic mass is 10.2. The molecule has 0 spiro atoms. The summed E-state index contributed by atoms with van der Waals surface area (Å²) in [4.78, 5) is 22.2. The maximum atomic E-state index is 11.3. The highest BCUT2D eigenvalue weighted by molar-refractivity contribution is 5.87. The van der Waals surface area contributed by atoms with Gasteiger partial charge in [-0.05, 0) is 25.8 Å². The van der Waals surface area contributed by atoms with E-state index in [0.29, 0.717) is 19.1 Å². The van der Waals surface area contributed by atoms with Crippen molar-refractivity contribution in [1.29, 1.82) is 0 Å². The van der Waals surface area contributed by atoms with E-state index in [2.05, 4.69) is 21.8 Å². The van der Waals surface area contributed by atoms with Gasteiger partial charge in [-0.25, -0.2) is 14.8 Å². The van der Waals surface area contributed by atoms with Gasteiger partial charge >= 0.3 is 5.97 Å². The lowest BCUT2D eigenvalue weighted by Crippen LogP contribution is -2.44. The third-order valence-corrected chi connectivity index (χ3v) is 4.63. The zero-order valence-electron chi connectivity index (χ0n) is 13.6. The fourth-order valence-corrected chi connectivity index (χ4v) is 3.13. The second kappa shape index (κ2) is 5.90. The van der Waals surface area contributed by atoms with Crippen LogP contribution in [0.5, 0.6) is 0 Å². The van der Waals surface area contributed by atoms with Gasteiger partial charge < -0.3 is 19.3 Å². The van der Waals surface area contributed by atoms with Crippen LogP contribution in [0.25, 0.3) is 5.69 Å². The number of aromatic carboxylic acids is 1. The standard InChI is InChI=1S/C17H20N4O3/c1-11-9-24-5-4-21(11)16-7-18-13(17(22)23)6-15(16)20-8-14(19-10-20)12-2-3-12/h6-8,10-12H,2-5,9H2,1H3,(H,22,23)/t11-/m1/s1. The largest absolute Gasteiger partial charge is 0.477 e. The Labute approximate surface area is 139 Å². The van der Waals surface area contributed by atoms with Crippen molar-refractivity contribution in [3.63, 3.8) is 0 Å². The van der Waals surface area contributed by atoms with Gasteiger partial charge in [0.15, 0.2) is 0 Å². The van der Waals surface area contributed by atoms with Crippen molar-refractivity contribution < 1.29 is 14.6 Å². The summed E-state index contributed by atoms with van der Waals surface area (Å²) in [7, 11) is 0. The number of carboxylic acid groups (broad SMARTS) is 1. The van der Waals surface area contributed by atoms with Gasteiger partial charge in [-0.2, -0.15) is 0 Å². The van der Waals surface area contributed by atoms with Gasteiger partial charge in [-0.1, -0.05) is 0 Å². The summed E-state index contributed by atoms with van der Waals surface area (Å²) in [5, 5.41) is 9.29. The van der Waals surface area contributed by atoms with Gasteiger partial charge in [0.05, 0.1) is 42.8 Å². The summed E-state index contributed by atoms with van der Waals surface area (Å²) in [5.74, 6) is -0.474. The van der Waals surface area contributed by atoms with Gasteiger partial charge in [0.2, 0.25) is 0 Å². The van der Waals surface area contributed by atoms with Gasteiger partial charge in [-0.3, -0.25) is 0 Å². The van der Waals surface area contributed by atoms with Crippen molar-refractivity contribution in [3.8, 4) is 5.69 Å². The fraction of sp³-hybridized carbons (Fsp3) is 0.471. The van der Waals surface area contributed by atoms with Crippen molar-refractivity contribution in [3.05, 3.63) is 36.2 Å². The molecule has 126 valence electrons. The molecule has 0 amide bonds. The number of carboxylic acids is 1. The van der Waals surface area contributed by atoms with E-state index in [0.717, 1.165) is 23.6 Å². The number of morpholine rings is 1. The Balaban J connectivity index is 1.78. The first-order valence-electron chi connectivity index (χ1n) is 8.25. The van der Waals surface area contributed by atoms with Gasteiger partial charge in [-0.15, -0.1) is 0 Å². The van der Waals surface area contributed by atoms with E-state index in [1.54, 1.807) is 18.6 Å². The Morgan fingerprint density at radius 2 is 2.17 bits per heavy atom. The first-order valence-corrected chi connectivity index (χ1v) is 8.25. The monoisotopic (exact) mass is 328 g/mol. The molecule has 1 aliphatic carbocycles. The lowest BCUT2D eigenvalue weighted by molar-refractivity contribution is 0.0690. The van der Waals surface area contributed by atoms with Gasteiger partial charge in [0.25, 0.3) is 0 Å². The van der Waals surface area contributed by atoms with Crippen molar-refractivity contribution in [2.24, 2.45) is 0 Å². The summed E-state index contributed by atoms with van der Waals surface area (Å²) in [5.41, 5.74) is 2.83. The highest BCUT2D eigenvalue weighted by Gasteiger charge is 2.27. The predicted molar refractivity (Wildman–Crippen MR) is 87.9 cm³/mol. The second-order valence-electron chi connectivity index (χ2n) is 6.46. The minimum Gasteiger partial charge on any atom is -0.477 e. The van der Waals surface area contributed by atoms with Crippen LogP contribution in [0, 0.1) is 0 Å². The Morgan fingerprint density at radius 3 is 2.88 bits per heavy atom. The van der Waals surface area contributed by atoms with Crippen molar-refractivity contribution in [1.82, 2.24) is 14.5 Å². The first kappa shape index (κ1) is 15.1. The van der Waals surface area contributed by atoms with Gasteiger partial charge in [0, 0.05) is 24.7 Å². The number of carbonyl (C=O) groups is 1. The van der Waals surface area contributed by atoms with Crippen LogP contribution in [0.15, 0.2) is 24.8 Å². The molecule has 2 aliphatic rings. The number of imidazole rings is 1. The zero-order chi connectivity index (χ0) is 16.7. The summed E-state index contributed by atoms with van der Waals surface area (Å²) < 4.78 is 7.43. The molecule has 0 radical (unpaired) electrons. The van der Waals surface area contributed by atoms with Crippen molar-refractivity contribution in [2.75, 3.05) is 24.7 Å². The average Bonchev–Trinajstić information content (AvgIpc) is 3.32. The first-order chi connectivity index (χ1) is 11.6. The number of pyridine rings is 1. The van der Waals surface area contributed by atoms with Crippen LogP contribution >= 0.6 is 0 Å². The number of rotatable bonds is 4. The minimum atomic E-state index is -1.03. The summed E-state index contributed by atoms with van der Waals surface area (Å²) in [6.07, 6.45) is 7.79.